The van der Waals surface area contributed by atoms with Crippen LogP contribution in [0.25, 0.3) is 0 Å². The minimum absolute atomic E-state index is 0.158. The van der Waals surface area contributed by atoms with E-state index >= 15 is 0 Å². The van der Waals surface area contributed by atoms with Crippen molar-refractivity contribution in [1.82, 2.24) is 10.4 Å². The molecule has 31 heavy (non-hydrogen) atoms. The fraction of sp³-hybridized carbons (Fsp3) is 0.391. The molecule has 2 aliphatic rings. The monoisotopic (exact) mass is 460 g/mol. The maximum Gasteiger partial charge on any atom is 0.281 e. The Hall–Kier alpha value is -2.28. The first-order valence-corrected chi connectivity index (χ1v) is 11.3. The van der Waals surface area contributed by atoms with E-state index in [0.717, 1.165) is 37.2 Å². The molecule has 6 nitrogen and oxygen atoms in total. The predicted octanol–water partition coefficient (Wildman–Crippen LogP) is 5.22. The number of nitrogens with zero attached hydrogens (tertiary/aromatic N) is 3. The molecule has 164 valence electrons. The summed E-state index contributed by atoms with van der Waals surface area (Å²) in [6.07, 6.45) is 5.07. The van der Waals surface area contributed by atoms with Crippen LogP contribution in [0.5, 0.6) is 5.75 Å². The van der Waals surface area contributed by atoms with Crippen molar-refractivity contribution in [2.24, 2.45) is 5.10 Å². The molecule has 0 saturated carbocycles. The number of carbonyl (C=O) groups is 1. The lowest BCUT2D eigenvalue weighted by atomic mass is 10.0. The number of benzene rings is 2. The molecule has 8 heteroatoms. The Labute approximate surface area is 192 Å². The topological polar surface area (TPSA) is 57.2 Å². The first-order valence-electron chi connectivity index (χ1n) is 10.6. The van der Waals surface area contributed by atoms with Crippen LogP contribution in [-0.2, 0) is 4.79 Å². The molecule has 0 aliphatic carbocycles. The smallest absolute Gasteiger partial charge is 0.281 e. The fourth-order valence-electron chi connectivity index (χ4n) is 4.01. The molecular weight excluding hydrogens is 435 g/mol. The number of rotatable bonds is 5. The van der Waals surface area contributed by atoms with E-state index in [2.05, 4.69) is 5.43 Å². The normalized spacial score (nSPS) is 19.6. The van der Waals surface area contributed by atoms with Crippen molar-refractivity contribution in [2.45, 2.75) is 38.1 Å². The molecule has 2 heterocycles. The molecule has 4 rings (SSSR count). The van der Waals surface area contributed by atoms with E-state index < -0.39 is 0 Å². The predicted molar refractivity (Wildman–Crippen MR) is 125 cm³/mol. The van der Waals surface area contributed by atoms with E-state index in [9.17, 15) is 4.79 Å². The molecule has 1 fully saturated rings. The van der Waals surface area contributed by atoms with Gasteiger partial charge in [0, 0.05) is 24.5 Å². The molecule has 0 bridgehead atoms. The minimum Gasteiger partial charge on any atom is -0.497 e. The van der Waals surface area contributed by atoms with Crippen LogP contribution < -0.4 is 15.2 Å². The number of hydrogen-bond donors (Lipinski definition) is 1. The molecule has 1 N–H and O–H groups in total. The van der Waals surface area contributed by atoms with Gasteiger partial charge in [-0.05, 0) is 48.7 Å². The number of halogens is 2. The Kier molecular flexibility index (Phi) is 7.00. The fourth-order valence-corrected chi connectivity index (χ4v) is 4.51. The summed E-state index contributed by atoms with van der Waals surface area (Å²) in [6.45, 7) is 1.74. The zero-order valence-electron chi connectivity index (χ0n) is 17.5. The summed E-state index contributed by atoms with van der Waals surface area (Å²) in [7, 11) is 1.64. The Morgan fingerprint density at radius 2 is 1.77 bits per heavy atom. The average Bonchev–Trinajstić information content (AvgIpc) is 3.05. The van der Waals surface area contributed by atoms with Crippen LogP contribution in [0.3, 0.4) is 0 Å². The van der Waals surface area contributed by atoms with Gasteiger partial charge in [0.05, 0.1) is 23.9 Å². The van der Waals surface area contributed by atoms with Gasteiger partial charge in [0.1, 0.15) is 11.5 Å². The second kappa shape index (κ2) is 9.90. The summed E-state index contributed by atoms with van der Waals surface area (Å²) >= 11 is 12.6. The zero-order chi connectivity index (χ0) is 21.8. The highest BCUT2D eigenvalue weighted by Gasteiger charge is 2.34. The highest BCUT2D eigenvalue weighted by molar-refractivity contribution is 6.40. The number of methoxy groups -OCH3 is 1. The van der Waals surface area contributed by atoms with E-state index in [1.165, 1.54) is 12.8 Å². The van der Waals surface area contributed by atoms with Gasteiger partial charge in [-0.15, -0.1) is 0 Å². The number of hydrazone groups is 1. The van der Waals surface area contributed by atoms with Gasteiger partial charge in [0.25, 0.3) is 5.91 Å². The average molecular weight is 461 g/mol. The van der Waals surface area contributed by atoms with Crippen molar-refractivity contribution in [3.8, 4) is 5.75 Å². The summed E-state index contributed by atoms with van der Waals surface area (Å²) in [5, 5.41) is 9.56. The van der Waals surface area contributed by atoms with Crippen LogP contribution in [0.2, 0.25) is 10.0 Å². The lowest BCUT2D eigenvalue weighted by Crippen LogP contribution is -2.45. The van der Waals surface area contributed by atoms with Crippen LogP contribution in [0, 0.1) is 0 Å². The molecule has 2 aromatic rings. The summed E-state index contributed by atoms with van der Waals surface area (Å²) in [5.41, 5.74) is 5.27. The number of anilines is 1. The maximum absolute atomic E-state index is 13.0. The van der Waals surface area contributed by atoms with Gasteiger partial charge in [-0.25, -0.2) is 5.01 Å². The molecule has 0 unspecified atom stereocenters. The van der Waals surface area contributed by atoms with Gasteiger partial charge in [-0.2, -0.15) is 5.10 Å². The standard InChI is InChI=1S/C23H26Cl2N4O2/c1-31-18-9-6-16(7-10-18)22-15-20(23(30)27-28-12-4-2-3-5-13-28)26-29(22)21-11-8-17(24)14-19(21)25/h6-11,14,22H,2-5,12-13,15H2,1H3,(H,27,30)/t22-/m1/s1. The van der Waals surface area contributed by atoms with E-state index in [1.807, 2.05) is 40.3 Å². The number of nitrogens with one attached hydrogen (secondary N) is 1. The van der Waals surface area contributed by atoms with Crippen LogP contribution in [0.15, 0.2) is 47.6 Å². The second-order valence-corrected chi connectivity index (χ2v) is 8.67. The zero-order valence-corrected chi connectivity index (χ0v) is 19.0. The van der Waals surface area contributed by atoms with Crippen molar-refractivity contribution in [3.05, 3.63) is 58.1 Å². The molecular formula is C23H26Cl2N4O2. The molecule has 1 atom stereocenters. The van der Waals surface area contributed by atoms with Gasteiger partial charge >= 0.3 is 0 Å². The van der Waals surface area contributed by atoms with E-state index in [0.29, 0.717) is 27.9 Å². The van der Waals surface area contributed by atoms with Gasteiger partial charge in [-0.1, -0.05) is 48.2 Å². The summed E-state index contributed by atoms with van der Waals surface area (Å²) in [5.74, 6) is 0.617. The second-order valence-electron chi connectivity index (χ2n) is 7.82. The number of hydrogen-bond acceptors (Lipinski definition) is 5. The summed E-state index contributed by atoms with van der Waals surface area (Å²) < 4.78 is 5.28. The van der Waals surface area contributed by atoms with Crippen molar-refractivity contribution in [1.29, 1.82) is 0 Å². The largest absolute Gasteiger partial charge is 0.497 e. The van der Waals surface area contributed by atoms with Gasteiger partial charge in [0.2, 0.25) is 0 Å². The summed E-state index contributed by atoms with van der Waals surface area (Å²) in [4.78, 5) is 13.0. The Morgan fingerprint density at radius 1 is 1.06 bits per heavy atom. The van der Waals surface area contributed by atoms with Gasteiger partial charge in [-0.3, -0.25) is 15.2 Å². The first-order chi connectivity index (χ1) is 15.0. The van der Waals surface area contributed by atoms with E-state index in [1.54, 1.807) is 19.2 Å². The quantitative estimate of drug-likeness (QED) is 0.664. The first kappa shape index (κ1) is 21.9. The van der Waals surface area contributed by atoms with Crippen LogP contribution in [0.4, 0.5) is 5.69 Å². The highest BCUT2D eigenvalue weighted by atomic mass is 35.5. The maximum atomic E-state index is 13.0. The van der Waals surface area contributed by atoms with Crippen molar-refractivity contribution < 1.29 is 9.53 Å². The molecule has 0 radical (unpaired) electrons. The van der Waals surface area contributed by atoms with Crippen molar-refractivity contribution in [2.75, 3.05) is 25.2 Å². The molecule has 0 aromatic heterocycles. The number of amides is 1. The minimum atomic E-state index is -0.159. The van der Waals surface area contributed by atoms with Crippen molar-refractivity contribution >= 4 is 40.5 Å². The molecule has 0 spiro atoms. The van der Waals surface area contributed by atoms with Crippen molar-refractivity contribution in [3.63, 3.8) is 0 Å². The van der Waals surface area contributed by atoms with Gasteiger partial charge in [0.15, 0.2) is 0 Å². The van der Waals surface area contributed by atoms with Crippen LogP contribution >= 0.6 is 23.2 Å². The highest BCUT2D eigenvalue weighted by Crippen LogP contribution is 2.40. The van der Waals surface area contributed by atoms with E-state index in [4.69, 9.17) is 33.0 Å². The third kappa shape index (κ3) is 5.14. The SMILES string of the molecule is COc1ccc([C@H]2CC(C(=O)NN3CCCCCC3)=NN2c2ccc(Cl)cc2Cl)cc1. The van der Waals surface area contributed by atoms with Crippen LogP contribution in [0.1, 0.15) is 43.7 Å². The molecule has 1 saturated heterocycles. The Balaban J connectivity index is 1.61. The number of ether oxygens (including phenoxy) is 1. The van der Waals surface area contributed by atoms with Gasteiger partial charge < -0.3 is 4.74 Å². The third-order valence-electron chi connectivity index (χ3n) is 5.70. The lowest BCUT2D eigenvalue weighted by molar-refractivity contribution is -0.119. The lowest BCUT2D eigenvalue weighted by Gasteiger charge is -2.25. The van der Waals surface area contributed by atoms with E-state index in [-0.39, 0.29) is 11.9 Å². The molecule has 2 aliphatic heterocycles. The summed E-state index contributed by atoms with van der Waals surface area (Å²) in [6, 6.07) is 12.9. The third-order valence-corrected chi connectivity index (χ3v) is 6.23. The molecule has 1 amide bonds. The number of hydrazine groups is 1. The number of carbonyl (C=O) groups excluding carboxylic acids is 1. The molecule has 2 aromatic carbocycles. The van der Waals surface area contributed by atoms with Crippen LogP contribution in [-0.4, -0.2) is 36.8 Å². The Bertz CT molecular complexity index is 957. The Morgan fingerprint density at radius 3 is 2.42 bits per heavy atom.